The topological polar surface area (TPSA) is 12.0 Å². The van der Waals surface area contributed by atoms with E-state index in [0.717, 1.165) is 12.0 Å². The molecule has 2 fully saturated rings. The predicted octanol–water partition coefficient (Wildman–Crippen LogP) is 3.69. The van der Waals surface area contributed by atoms with Gasteiger partial charge in [0.15, 0.2) is 0 Å². The second-order valence-electron chi connectivity index (χ2n) is 5.26. The highest BCUT2D eigenvalue weighted by Gasteiger charge is 2.40. The Kier molecular flexibility index (Phi) is 2.80. The van der Waals surface area contributed by atoms with Crippen molar-refractivity contribution in [1.82, 2.24) is 5.32 Å². The third kappa shape index (κ3) is 1.93. The van der Waals surface area contributed by atoms with E-state index < -0.39 is 0 Å². The maximum Gasteiger partial charge on any atom is 0.0210 e. The van der Waals surface area contributed by atoms with Crippen LogP contribution in [0.25, 0.3) is 0 Å². The lowest BCUT2D eigenvalue weighted by atomic mass is 9.91. The molecule has 1 aromatic rings. The average molecular weight is 280 g/mol. The van der Waals surface area contributed by atoms with Gasteiger partial charge in [0, 0.05) is 22.5 Å². The van der Waals surface area contributed by atoms with Gasteiger partial charge in [-0.2, -0.15) is 0 Å². The average Bonchev–Trinajstić information content (AvgIpc) is 3.04. The molecular weight excluding hydrogens is 262 g/mol. The minimum atomic E-state index is 0.615. The lowest BCUT2D eigenvalue weighted by molar-refractivity contribution is 0.509. The molecule has 0 spiro atoms. The van der Waals surface area contributed by atoms with E-state index in [-0.39, 0.29) is 0 Å². The van der Waals surface area contributed by atoms with E-state index in [2.05, 4.69) is 52.4 Å². The molecule has 1 saturated heterocycles. The summed E-state index contributed by atoms with van der Waals surface area (Å²) in [5.41, 5.74) is 1.48. The molecule has 1 aromatic carbocycles. The third-order valence-electron chi connectivity index (χ3n) is 4.08. The number of benzene rings is 1. The molecular formula is C14H18BrN. The Morgan fingerprint density at radius 3 is 2.69 bits per heavy atom. The quantitative estimate of drug-likeness (QED) is 0.871. The Morgan fingerprint density at radius 1 is 1.25 bits per heavy atom. The van der Waals surface area contributed by atoms with Crippen LogP contribution in [0.1, 0.15) is 37.7 Å². The Morgan fingerprint density at radius 2 is 2.00 bits per heavy atom. The zero-order valence-corrected chi connectivity index (χ0v) is 11.2. The molecule has 1 saturated carbocycles. The number of rotatable bonds is 2. The van der Waals surface area contributed by atoms with Crippen LogP contribution in [-0.2, 0) is 0 Å². The summed E-state index contributed by atoms with van der Waals surface area (Å²) >= 11 is 3.68. The molecule has 0 radical (unpaired) electrons. The van der Waals surface area contributed by atoms with Crippen molar-refractivity contribution >= 4 is 15.9 Å². The monoisotopic (exact) mass is 279 g/mol. The van der Waals surface area contributed by atoms with Crippen LogP contribution in [-0.4, -0.2) is 12.1 Å². The van der Waals surface area contributed by atoms with Crippen molar-refractivity contribution in [2.45, 2.75) is 44.2 Å². The first-order valence-corrected chi connectivity index (χ1v) is 7.05. The molecule has 2 heteroatoms. The first-order chi connectivity index (χ1) is 7.75. The molecule has 16 heavy (non-hydrogen) atoms. The standard InChI is InChI=1S/C14H18BrN/c1-9-12(8-14(16-9)10-6-7-10)11-4-2-3-5-13(11)15/h2-5,9-10,12,14,16H,6-8H2,1H3. The third-order valence-corrected chi connectivity index (χ3v) is 4.81. The van der Waals surface area contributed by atoms with Gasteiger partial charge in [-0.05, 0) is 43.7 Å². The fourth-order valence-corrected chi connectivity index (χ4v) is 3.58. The number of hydrogen-bond acceptors (Lipinski definition) is 1. The molecule has 0 aromatic heterocycles. The van der Waals surface area contributed by atoms with Gasteiger partial charge in [-0.15, -0.1) is 0 Å². The molecule has 1 heterocycles. The minimum Gasteiger partial charge on any atom is -0.311 e. The van der Waals surface area contributed by atoms with Gasteiger partial charge >= 0.3 is 0 Å². The second-order valence-corrected chi connectivity index (χ2v) is 6.12. The van der Waals surface area contributed by atoms with Crippen LogP contribution in [0.15, 0.2) is 28.7 Å². The van der Waals surface area contributed by atoms with Crippen molar-refractivity contribution in [3.63, 3.8) is 0 Å². The largest absolute Gasteiger partial charge is 0.311 e. The minimum absolute atomic E-state index is 0.615. The zero-order chi connectivity index (χ0) is 11.1. The summed E-state index contributed by atoms with van der Waals surface area (Å²) in [6, 6.07) is 10.1. The number of nitrogens with one attached hydrogen (secondary N) is 1. The molecule has 3 rings (SSSR count). The highest BCUT2D eigenvalue weighted by Crippen LogP contribution is 2.43. The Bertz CT molecular complexity index is 386. The maximum atomic E-state index is 3.77. The van der Waals surface area contributed by atoms with E-state index in [4.69, 9.17) is 0 Å². The fraction of sp³-hybridized carbons (Fsp3) is 0.571. The van der Waals surface area contributed by atoms with Gasteiger partial charge < -0.3 is 5.32 Å². The smallest absolute Gasteiger partial charge is 0.0210 e. The lowest BCUT2D eigenvalue weighted by Crippen LogP contribution is -2.29. The van der Waals surface area contributed by atoms with Gasteiger partial charge in [-0.25, -0.2) is 0 Å². The maximum absolute atomic E-state index is 3.77. The first-order valence-electron chi connectivity index (χ1n) is 6.26. The molecule has 86 valence electrons. The summed E-state index contributed by atoms with van der Waals surface area (Å²) in [4.78, 5) is 0. The van der Waals surface area contributed by atoms with Crippen molar-refractivity contribution in [1.29, 1.82) is 0 Å². The van der Waals surface area contributed by atoms with Gasteiger partial charge in [-0.1, -0.05) is 34.1 Å². The number of hydrogen-bond donors (Lipinski definition) is 1. The van der Waals surface area contributed by atoms with Gasteiger partial charge in [0.1, 0.15) is 0 Å². The summed E-state index contributed by atoms with van der Waals surface area (Å²) in [7, 11) is 0. The Hall–Kier alpha value is -0.340. The molecule has 0 amide bonds. The van der Waals surface area contributed by atoms with Crippen LogP contribution in [0.2, 0.25) is 0 Å². The molecule has 0 bridgehead atoms. The van der Waals surface area contributed by atoms with Crippen LogP contribution in [0.3, 0.4) is 0 Å². The fourth-order valence-electron chi connectivity index (χ4n) is 3.00. The highest BCUT2D eigenvalue weighted by molar-refractivity contribution is 9.10. The van der Waals surface area contributed by atoms with Gasteiger partial charge in [0.05, 0.1) is 0 Å². The van der Waals surface area contributed by atoms with Gasteiger partial charge in [-0.3, -0.25) is 0 Å². The van der Waals surface area contributed by atoms with Crippen LogP contribution in [0, 0.1) is 5.92 Å². The van der Waals surface area contributed by atoms with Crippen LogP contribution in [0.5, 0.6) is 0 Å². The van der Waals surface area contributed by atoms with Crippen molar-refractivity contribution < 1.29 is 0 Å². The molecule has 1 nitrogen and oxygen atoms in total. The van der Waals surface area contributed by atoms with E-state index >= 15 is 0 Å². The van der Waals surface area contributed by atoms with E-state index in [1.54, 1.807) is 0 Å². The van der Waals surface area contributed by atoms with E-state index in [1.165, 1.54) is 29.3 Å². The summed E-state index contributed by atoms with van der Waals surface area (Å²) in [5, 5.41) is 3.77. The molecule has 1 aliphatic heterocycles. The van der Waals surface area contributed by atoms with Crippen LogP contribution >= 0.6 is 15.9 Å². The highest BCUT2D eigenvalue weighted by atomic mass is 79.9. The summed E-state index contributed by atoms with van der Waals surface area (Å²) < 4.78 is 1.27. The van der Waals surface area contributed by atoms with Gasteiger partial charge in [0.25, 0.3) is 0 Å². The molecule has 3 atom stereocenters. The zero-order valence-electron chi connectivity index (χ0n) is 9.62. The summed E-state index contributed by atoms with van der Waals surface area (Å²) in [6.45, 7) is 2.33. The predicted molar refractivity (Wildman–Crippen MR) is 70.6 cm³/mol. The SMILES string of the molecule is CC1NC(C2CC2)CC1c1ccccc1Br. The molecule has 1 aliphatic carbocycles. The van der Waals surface area contributed by atoms with E-state index in [0.29, 0.717) is 12.0 Å². The van der Waals surface area contributed by atoms with Crippen LogP contribution in [0.4, 0.5) is 0 Å². The molecule has 2 aliphatic rings. The van der Waals surface area contributed by atoms with Crippen molar-refractivity contribution in [2.24, 2.45) is 5.92 Å². The summed E-state index contributed by atoms with van der Waals surface area (Å²) in [5.74, 6) is 1.65. The molecule has 1 N–H and O–H groups in total. The first kappa shape index (κ1) is 10.8. The van der Waals surface area contributed by atoms with E-state index in [9.17, 15) is 0 Å². The summed E-state index contributed by atoms with van der Waals surface area (Å²) in [6.07, 6.45) is 4.19. The second kappa shape index (κ2) is 4.15. The van der Waals surface area contributed by atoms with Crippen molar-refractivity contribution in [3.8, 4) is 0 Å². The lowest BCUT2D eigenvalue weighted by Gasteiger charge is -2.16. The van der Waals surface area contributed by atoms with Crippen molar-refractivity contribution in [2.75, 3.05) is 0 Å². The number of halogens is 1. The Balaban J connectivity index is 1.82. The van der Waals surface area contributed by atoms with Crippen molar-refractivity contribution in [3.05, 3.63) is 34.3 Å². The van der Waals surface area contributed by atoms with E-state index in [1.807, 2.05) is 0 Å². The van der Waals surface area contributed by atoms with Gasteiger partial charge in [0.2, 0.25) is 0 Å². The normalized spacial score (nSPS) is 34.2. The Labute approximate surface area is 106 Å². The molecule has 3 unspecified atom stereocenters. The van der Waals surface area contributed by atoms with Crippen LogP contribution < -0.4 is 5.32 Å².